The Morgan fingerprint density at radius 2 is 1.94 bits per heavy atom. The molecule has 0 aromatic rings. The molecule has 0 aromatic heterocycles. The molecule has 0 rings (SSSR count). The quantitative estimate of drug-likeness (QED) is 0.360. The van der Waals surface area contributed by atoms with E-state index in [9.17, 15) is 4.79 Å². The summed E-state index contributed by atoms with van der Waals surface area (Å²) in [5, 5.41) is 0. The molecule has 0 unspecified atom stereocenters. The third-order valence-corrected chi connectivity index (χ3v) is 1.21. The Morgan fingerprint density at radius 3 is 2.00 bits per heavy atom. The molecule has 0 aliphatic heterocycles. The minimum atomic E-state index is -0.975. The first-order chi connectivity index (χ1) is 6.33. The smallest absolute Gasteiger partial charge is 0.632 e. The summed E-state index contributed by atoms with van der Waals surface area (Å²) in [7, 11) is 0. The summed E-state index contributed by atoms with van der Waals surface area (Å²) in [4.78, 5) is 9.90. The van der Waals surface area contributed by atoms with E-state index in [0.29, 0.717) is 0 Å². The van der Waals surface area contributed by atoms with Crippen molar-refractivity contribution >= 4 is 18.0 Å². The average molecular weight is 509 g/mol. The van der Waals surface area contributed by atoms with Crippen LogP contribution in [0.25, 0.3) is 5.73 Å². The normalized spacial score (nSPS) is 8.81. The predicted octanol–water partition coefficient (Wildman–Crippen LogP) is 3.40. The van der Waals surface area contributed by atoms with Crippen LogP contribution in [-0.2, 0) is 23.3 Å². The molecule has 0 bridgehead atoms. The van der Waals surface area contributed by atoms with Crippen LogP contribution in [0.1, 0.15) is 34.1 Å². The van der Waals surface area contributed by atoms with Crippen molar-refractivity contribution < 1.29 is 59.2 Å². The second kappa shape index (κ2) is 16.2. The van der Waals surface area contributed by atoms with Crippen molar-refractivity contribution in [1.29, 1.82) is 0 Å². The molecule has 0 aromatic carbocycles. The van der Waals surface area contributed by atoms with E-state index in [-0.39, 0.29) is 49.7 Å². The molecule has 0 atom stereocenters. The van der Waals surface area contributed by atoms with Gasteiger partial charge in [0.25, 0.3) is 0 Å². The van der Waals surface area contributed by atoms with Gasteiger partial charge in [-0.05, 0) is 27.0 Å². The Labute approximate surface area is 139 Å². The van der Waals surface area contributed by atoms with Crippen LogP contribution in [0.4, 0.5) is 4.79 Å². The van der Waals surface area contributed by atoms with Gasteiger partial charge in [0.2, 0.25) is 6.09 Å². The second-order valence-corrected chi connectivity index (χ2v) is 4.08. The van der Waals surface area contributed by atoms with Crippen LogP contribution in [0.3, 0.4) is 0 Å². The topological polar surface area (TPSA) is 62.1 Å². The first-order valence-electron chi connectivity index (χ1n) is 4.38. The molecule has 93 valence electrons. The molecule has 7 heteroatoms. The van der Waals surface area contributed by atoms with Crippen LogP contribution >= 0.6 is 11.9 Å². The molecule has 1 amide bonds. The summed E-state index contributed by atoms with van der Waals surface area (Å²) in [6.45, 7) is 9.28. The first-order valence-corrected chi connectivity index (χ1v) is 5.60. The zero-order chi connectivity index (χ0) is 11.6. The summed E-state index contributed by atoms with van der Waals surface area (Å²) < 4.78 is 7.45. The first kappa shape index (κ1) is 25.9. The van der Waals surface area contributed by atoms with E-state index in [1.54, 1.807) is 32.7 Å². The van der Waals surface area contributed by atoms with Gasteiger partial charge in [-0.25, -0.2) is 0 Å². The molecule has 0 aliphatic carbocycles. The number of ether oxygens (including phenoxy) is 1. The zero-order valence-corrected chi connectivity index (χ0v) is 16.8. The average Bonchev–Trinajstić information content (AvgIpc) is 1.97. The zero-order valence-electron chi connectivity index (χ0n) is 10.5. The van der Waals surface area contributed by atoms with E-state index in [0.717, 1.165) is 6.42 Å². The molecule has 0 saturated heterocycles. The number of rotatable bonds is 3. The van der Waals surface area contributed by atoms with Crippen molar-refractivity contribution in [2.75, 3.05) is 6.26 Å². The molecule has 0 fully saturated rings. The van der Waals surface area contributed by atoms with Gasteiger partial charge >= 0.3 is 31.1 Å². The molecule has 0 spiro atoms. The van der Waals surface area contributed by atoms with Crippen LogP contribution in [0, 0.1) is 37.7 Å². The molecule has 16 heavy (non-hydrogen) atoms. The fourth-order valence-electron chi connectivity index (χ4n) is 0.445. The Morgan fingerprint density at radius 1 is 1.50 bits per heavy atom. The Kier molecular flexibility index (Phi) is 26.3. The van der Waals surface area contributed by atoms with E-state index in [4.69, 9.17) is 5.73 Å². The van der Waals surface area contributed by atoms with E-state index in [2.05, 4.69) is 16.4 Å². The van der Waals surface area contributed by atoms with Crippen molar-refractivity contribution in [2.24, 2.45) is 0 Å². The molecule has 0 saturated carbocycles. The summed E-state index contributed by atoms with van der Waals surface area (Å²) in [6.07, 6.45) is 2.13. The number of nitrogens with one attached hydrogen (secondary N) is 2. The van der Waals surface area contributed by atoms with Crippen molar-refractivity contribution in [3.8, 4) is 0 Å². The maximum atomic E-state index is 9.90. The van der Waals surface area contributed by atoms with Crippen LogP contribution < -0.4 is 4.72 Å². The molecule has 1 radical (unpaired) electrons. The molecular weight excluding hydrogens is 489 g/mol. The van der Waals surface area contributed by atoms with Gasteiger partial charge in [-0.1, -0.05) is 6.92 Å². The standard InChI is InChI=1S/C5H11NO2.C4H10NS.U.V/c1-5(2,3)8-4(6)7;1-3-4-5-6-2;;/h1-3H3,(H2,6,7);4-5H,3H2,1-2H3;;/q;-1;+2;/p-1. The molecular formula is C9H20N2O2SUV. The fourth-order valence-corrected chi connectivity index (χ4v) is 0.778. The van der Waals surface area contributed by atoms with Gasteiger partial charge in [0, 0.05) is 18.6 Å². The summed E-state index contributed by atoms with van der Waals surface area (Å²) >= 11 is 1.62. The van der Waals surface area contributed by atoms with Gasteiger partial charge in [0.15, 0.2) is 0 Å². The Balaban J connectivity index is -0.0000000825. The summed E-state index contributed by atoms with van der Waals surface area (Å²) in [5.41, 5.74) is 5.86. The number of hydrogen-bond acceptors (Lipinski definition) is 4. The van der Waals surface area contributed by atoms with Crippen LogP contribution in [-0.4, -0.2) is 18.0 Å². The predicted molar refractivity (Wildman–Crippen MR) is 61.8 cm³/mol. The number of carbonyl (C=O) groups is 1. The van der Waals surface area contributed by atoms with Crippen LogP contribution in [0.2, 0.25) is 0 Å². The molecule has 2 N–H and O–H groups in total. The van der Waals surface area contributed by atoms with Gasteiger partial charge < -0.3 is 15.2 Å². The van der Waals surface area contributed by atoms with E-state index < -0.39 is 11.7 Å². The van der Waals surface area contributed by atoms with Crippen molar-refractivity contribution in [3.63, 3.8) is 0 Å². The number of hydrogen-bond donors (Lipinski definition) is 1. The maximum absolute atomic E-state index is 9.90. The number of carbonyl (C=O) groups excluding carboxylic acids is 1. The second-order valence-electron chi connectivity index (χ2n) is 3.44. The third-order valence-electron chi connectivity index (χ3n) is 0.804. The van der Waals surface area contributed by atoms with Gasteiger partial charge in [-0.2, -0.15) is 6.42 Å². The van der Waals surface area contributed by atoms with Crippen LogP contribution in [0.15, 0.2) is 0 Å². The van der Waals surface area contributed by atoms with Crippen molar-refractivity contribution in [3.05, 3.63) is 12.3 Å². The monoisotopic (exact) mass is 509 g/mol. The minimum absolute atomic E-state index is 0. The van der Waals surface area contributed by atoms with Crippen LogP contribution in [0.5, 0.6) is 0 Å². The van der Waals surface area contributed by atoms with Gasteiger partial charge in [0.1, 0.15) is 5.60 Å². The largest absolute Gasteiger partial charge is 2.00 e. The molecule has 0 heterocycles. The Bertz CT molecular complexity index is 153. The van der Waals surface area contributed by atoms with E-state index >= 15 is 0 Å². The maximum Gasteiger partial charge on any atom is 2.00 e. The van der Waals surface area contributed by atoms with Gasteiger partial charge in [-0.15, -0.1) is 11.9 Å². The molecule has 0 aliphatic rings. The number of amides is 1. The van der Waals surface area contributed by atoms with Gasteiger partial charge in [-0.3, -0.25) is 11.3 Å². The van der Waals surface area contributed by atoms with Gasteiger partial charge in [0.05, 0.1) is 0 Å². The summed E-state index contributed by atoms with van der Waals surface area (Å²) in [6, 6.07) is 0. The van der Waals surface area contributed by atoms with Crippen molar-refractivity contribution in [1.82, 2.24) is 4.72 Å². The van der Waals surface area contributed by atoms with Crippen molar-refractivity contribution in [2.45, 2.75) is 39.7 Å². The fraction of sp³-hybridized carbons (Fsp3) is 0.778. The SMILES string of the molecule is CC(C)(C)OC([NH-])=O.CC[CH-]NSC.[U+2].[V]. The minimum Gasteiger partial charge on any atom is -0.632 e. The van der Waals surface area contributed by atoms with E-state index in [1.807, 2.05) is 12.8 Å². The third kappa shape index (κ3) is 36.2. The Hall–Kier alpha value is 1.22. The summed E-state index contributed by atoms with van der Waals surface area (Å²) in [5.74, 6) is 0. The van der Waals surface area contributed by atoms with E-state index in [1.165, 1.54) is 0 Å². The molecule has 4 nitrogen and oxygen atoms in total.